The lowest BCUT2D eigenvalue weighted by atomic mass is 9.89. The van der Waals surface area contributed by atoms with Crippen LogP contribution in [0.1, 0.15) is 39.5 Å². The van der Waals surface area contributed by atoms with E-state index in [2.05, 4.69) is 18.7 Å². The molecule has 2 fully saturated rings. The highest BCUT2D eigenvalue weighted by Crippen LogP contribution is 2.29. The van der Waals surface area contributed by atoms with E-state index in [1.807, 2.05) is 7.11 Å². The van der Waals surface area contributed by atoms with Gasteiger partial charge in [0.25, 0.3) is 0 Å². The summed E-state index contributed by atoms with van der Waals surface area (Å²) < 4.78 is 11.2. The fourth-order valence-corrected chi connectivity index (χ4v) is 2.85. The van der Waals surface area contributed by atoms with Gasteiger partial charge in [0, 0.05) is 26.2 Å². The van der Waals surface area contributed by atoms with Crippen molar-refractivity contribution in [1.29, 1.82) is 0 Å². The molecule has 2 aliphatic rings. The first-order valence-corrected chi connectivity index (χ1v) is 6.61. The van der Waals surface area contributed by atoms with Crippen LogP contribution >= 0.6 is 0 Å². The number of ether oxygens (including phenoxy) is 2. The van der Waals surface area contributed by atoms with Gasteiger partial charge in [-0.25, -0.2) is 0 Å². The second-order valence-electron chi connectivity index (χ2n) is 5.43. The molecule has 0 radical (unpaired) electrons. The maximum absolute atomic E-state index is 5.87. The molecule has 1 saturated carbocycles. The van der Waals surface area contributed by atoms with Crippen LogP contribution < -0.4 is 0 Å². The van der Waals surface area contributed by atoms with Gasteiger partial charge >= 0.3 is 0 Å². The summed E-state index contributed by atoms with van der Waals surface area (Å²) in [5, 5.41) is 0. The molecule has 0 aromatic carbocycles. The van der Waals surface area contributed by atoms with Crippen LogP contribution in [0.5, 0.6) is 0 Å². The predicted octanol–water partition coefficient (Wildman–Crippen LogP) is 2.05. The molecule has 0 N–H and O–H groups in total. The lowest BCUT2D eigenvalue weighted by Crippen LogP contribution is -2.57. The van der Waals surface area contributed by atoms with Crippen molar-refractivity contribution < 1.29 is 9.47 Å². The topological polar surface area (TPSA) is 21.7 Å². The van der Waals surface area contributed by atoms with Crippen molar-refractivity contribution in [2.75, 3.05) is 20.2 Å². The standard InChI is InChI=1S/C13H25NO2/c1-10(2)16-12-6-4-11(5-7-12)14-8-13(9-14)15-3/h10-13H,4-9H2,1-3H3. The van der Waals surface area contributed by atoms with E-state index in [4.69, 9.17) is 9.47 Å². The van der Waals surface area contributed by atoms with E-state index in [0.717, 1.165) is 19.1 Å². The second-order valence-corrected chi connectivity index (χ2v) is 5.43. The predicted molar refractivity (Wildman–Crippen MR) is 64.6 cm³/mol. The van der Waals surface area contributed by atoms with Crippen molar-refractivity contribution in [2.24, 2.45) is 0 Å². The number of likely N-dealkylation sites (tertiary alicyclic amines) is 1. The molecule has 1 saturated heterocycles. The minimum absolute atomic E-state index is 0.378. The average molecular weight is 227 g/mol. The Hall–Kier alpha value is -0.120. The van der Waals surface area contributed by atoms with Crippen molar-refractivity contribution in [1.82, 2.24) is 4.90 Å². The van der Waals surface area contributed by atoms with E-state index in [1.54, 1.807) is 0 Å². The van der Waals surface area contributed by atoms with Crippen LogP contribution in [0.2, 0.25) is 0 Å². The molecular weight excluding hydrogens is 202 g/mol. The maximum atomic E-state index is 5.87. The molecule has 0 bridgehead atoms. The first-order chi connectivity index (χ1) is 7.69. The highest BCUT2D eigenvalue weighted by molar-refractivity contribution is 4.89. The smallest absolute Gasteiger partial charge is 0.0825 e. The zero-order valence-corrected chi connectivity index (χ0v) is 10.8. The minimum atomic E-state index is 0.378. The molecule has 0 unspecified atom stereocenters. The monoisotopic (exact) mass is 227 g/mol. The third kappa shape index (κ3) is 2.96. The lowest BCUT2D eigenvalue weighted by molar-refractivity contribution is -0.0755. The summed E-state index contributed by atoms with van der Waals surface area (Å²) in [5.74, 6) is 0. The fraction of sp³-hybridized carbons (Fsp3) is 1.00. The zero-order valence-electron chi connectivity index (χ0n) is 10.8. The van der Waals surface area contributed by atoms with Gasteiger partial charge in [-0.1, -0.05) is 0 Å². The molecule has 1 aliphatic heterocycles. The van der Waals surface area contributed by atoms with Crippen molar-refractivity contribution in [3.63, 3.8) is 0 Å². The summed E-state index contributed by atoms with van der Waals surface area (Å²) in [6, 6.07) is 0.790. The van der Waals surface area contributed by atoms with E-state index in [9.17, 15) is 0 Å². The van der Waals surface area contributed by atoms with Crippen LogP contribution in [0.3, 0.4) is 0 Å². The molecule has 3 heteroatoms. The summed E-state index contributed by atoms with van der Waals surface area (Å²) in [6.07, 6.45) is 6.44. The van der Waals surface area contributed by atoms with Crippen molar-refractivity contribution in [2.45, 2.75) is 63.9 Å². The van der Waals surface area contributed by atoms with Crippen molar-refractivity contribution in [3.05, 3.63) is 0 Å². The Morgan fingerprint density at radius 2 is 1.62 bits per heavy atom. The number of hydrogen-bond acceptors (Lipinski definition) is 3. The van der Waals surface area contributed by atoms with Gasteiger partial charge < -0.3 is 9.47 Å². The summed E-state index contributed by atoms with van der Waals surface area (Å²) >= 11 is 0. The summed E-state index contributed by atoms with van der Waals surface area (Å²) in [6.45, 7) is 6.53. The van der Waals surface area contributed by atoms with Gasteiger partial charge in [0.05, 0.1) is 18.3 Å². The molecule has 3 nitrogen and oxygen atoms in total. The summed E-state index contributed by atoms with van der Waals surface area (Å²) in [5.41, 5.74) is 0. The maximum Gasteiger partial charge on any atom is 0.0825 e. The highest BCUT2D eigenvalue weighted by Gasteiger charge is 2.34. The number of nitrogens with zero attached hydrogens (tertiary/aromatic N) is 1. The van der Waals surface area contributed by atoms with E-state index < -0.39 is 0 Å². The Balaban J connectivity index is 1.66. The zero-order chi connectivity index (χ0) is 11.5. The lowest BCUT2D eigenvalue weighted by Gasteiger charge is -2.45. The summed E-state index contributed by atoms with van der Waals surface area (Å²) in [7, 11) is 1.81. The Bertz CT molecular complexity index is 206. The first kappa shape index (κ1) is 12.3. The molecular formula is C13H25NO2. The molecule has 0 aromatic rings. The molecule has 94 valence electrons. The largest absolute Gasteiger partial charge is 0.379 e. The van der Waals surface area contributed by atoms with Crippen LogP contribution in [-0.4, -0.2) is 49.5 Å². The van der Waals surface area contributed by atoms with Gasteiger partial charge in [-0.2, -0.15) is 0 Å². The van der Waals surface area contributed by atoms with Crippen LogP contribution in [0.25, 0.3) is 0 Å². The van der Waals surface area contributed by atoms with Gasteiger partial charge in [0.2, 0.25) is 0 Å². The normalized spacial score (nSPS) is 33.0. The fourth-order valence-electron chi connectivity index (χ4n) is 2.85. The first-order valence-electron chi connectivity index (χ1n) is 6.61. The molecule has 0 aromatic heterocycles. The highest BCUT2D eigenvalue weighted by atomic mass is 16.5. The number of hydrogen-bond donors (Lipinski definition) is 0. The van der Waals surface area contributed by atoms with E-state index in [1.165, 1.54) is 25.7 Å². The third-order valence-electron chi connectivity index (χ3n) is 3.83. The van der Waals surface area contributed by atoms with Gasteiger partial charge in [0.1, 0.15) is 0 Å². The molecule has 0 spiro atoms. The van der Waals surface area contributed by atoms with E-state index in [-0.39, 0.29) is 0 Å². The van der Waals surface area contributed by atoms with Gasteiger partial charge in [-0.3, -0.25) is 4.90 Å². The minimum Gasteiger partial charge on any atom is -0.379 e. The molecule has 1 aliphatic carbocycles. The second kappa shape index (κ2) is 5.48. The van der Waals surface area contributed by atoms with Crippen molar-refractivity contribution in [3.8, 4) is 0 Å². The van der Waals surface area contributed by atoms with E-state index >= 15 is 0 Å². The van der Waals surface area contributed by atoms with Crippen LogP contribution in [0, 0.1) is 0 Å². The Kier molecular flexibility index (Phi) is 4.22. The molecule has 2 rings (SSSR count). The van der Waals surface area contributed by atoms with Gasteiger partial charge in [0.15, 0.2) is 0 Å². The van der Waals surface area contributed by atoms with Crippen LogP contribution in [0.15, 0.2) is 0 Å². The molecule has 0 amide bonds. The van der Waals surface area contributed by atoms with Gasteiger partial charge in [-0.15, -0.1) is 0 Å². The summed E-state index contributed by atoms with van der Waals surface area (Å²) in [4.78, 5) is 2.57. The Labute approximate surface area is 99.1 Å². The Morgan fingerprint density at radius 1 is 1.00 bits per heavy atom. The average Bonchev–Trinajstić information content (AvgIpc) is 2.18. The molecule has 16 heavy (non-hydrogen) atoms. The van der Waals surface area contributed by atoms with Gasteiger partial charge in [-0.05, 0) is 39.5 Å². The molecule has 1 heterocycles. The SMILES string of the molecule is COC1CN(C2CCC(OC(C)C)CC2)C1. The van der Waals surface area contributed by atoms with Crippen molar-refractivity contribution >= 4 is 0 Å². The number of methoxy groups -OCH3 is 1. The van der Waals surface area contributed by atoms with Crippen LogP contribution in [-0.2, 0) is 9.47 Å². The molecule has 0 atom stereocenters. The van der Waals surface area contributed by atoms with Crippen LogP contribution in [0.4, 0.5) is 0 Å². The Morgan fingerprint density at radius 3 is 2.12 bits per heavy atom. The van der Waals surface area contributed by atoms with E-state index in [0.29, 0.717) is 18.3 Å². The quantitative estimate of drug-likeness (QED) is 0.734. The third-order valence-corrected chi connectivity index (χ3v) is 3.83. The number of rotatable bonds is 4.